The second kappa shape index (κ2) is 14.6. The van der Waals surface area contributed by atoms with E-state index in [0.717, 1.165) is 62.1 Å². The Morgan fingerprint density at radius 2 is 0.760 bits per heavy atom. The van der Waals surface area contributed by atoms with E-state index in [0.29, 0.717) is 0 Å². The van der Waals surface area contributed by atoms with Crippen LogP contribution in [-0.2, 0) is 6.61 Å². The van der Waals surface area contributed by atoms with E-state index in [9.17, 15) is 5.11 Å². The first kappa shape index (κ1) is 32.4. The molecule has 0 saturated carbocycles. The zero-order chi connectivity index (χ0) is 34.5. The van der Waals surface area contributed by atoms with E-state index in [2.05, 4.69) is 169 Å². The molecule has 0 saturated heterocycles. The van der Waals surface area contributed by atoms with E-state index in [1.165, 1.54) is 16.7 Å². The summed E-state index contributed by atoms with van der Waals surface area (Å²) >= 11 is 0. The Morgan fingerprint density at radius 3 is 1.10 bits per heavy atom. The normalized spacial score (nSPS) is 10.9. The van der Waals surface area contributed by atoms with Gasteiger partial charge < -0.3 is 19.6 Å². The van der Waals surface area contributed by atoms with Gasteiger partial charge in [0.25, 0.3) is 0 Å². The van der Waals surface area contributed by atoms with Crippen LogP contribution in [0.25, 0.3) is 22.3 Å². The molecule has 7 rings (SSSR count). The summed E-state index contributed by atoms with van der Waals surface area (Å²) in [5.41, 5.74) is 14.4. The lowest BCUT2D eigenvalue weighted by Crippen LogP contribution is -2.10. The fourth-order valence-electron chi connectivity index (χ4n) is 6.37. The average Bonchev–Trinajstić information content (AvgIpc) is 3.16. The van der Waals surface area contributed by atoms with Gasteiger partial charge in [0.2, 0.25) is 0 Å². The second-order valence-electron chi connectivity index (χ2n) is 12.5. The Bertz CT molecular complexity index is 2010. The number of methoxy groups -OCH3 is 1. The van der Waals surface area contributed by atoms with Crippen molar-refractivity contribution >= 4 is 34.1 Å². The van der Waals surface area contributed by atoms with Gasteiger partial charge in [-0.3, -0.25) is 0 Å². The zero-order valence-electron chi connectivity index (χ0n) is 28.6. The molecular formula is C46H40N2O2. The lowest BCUT2D eigenvalue weighted by Gasteiger charge is -2.26. The molecule has 0 aliphatic heterocycles. The smallest absolute Gasteiger partial charge is 0.119 e. The maximum Gasteiger partial charge on any atom is 0.119 e. The third-order valence-electron chi connectivity index (χ3n) is 9.03. The van der Waals surface area contributed by atoms with Gasteiger partial charge in [-0.15, -0.1) is 0 Å². The monoisotopic (exact) mass is 652 g/mol. The van der Waals surface area contributed by atoms with Crippen LogP contribution in [0.2, 0.25) is 0 Å². The van der Waals surface area contributed by atoms with Gasteiger partial charge in [0.05, 0.1) is 13.7 Å². The molecule has 0 amide bonds. The van der Waals surface area contributed by atoms with E-state index >= 15 is 0 Å². The predicted molar refractivity (Wildman–Crippen MR) is 209 cm³/mol. The van der Waals surface area contributed by atoms with Crippen molar-refractivity contribution in [2.24, 2.45) is 0 Å². The molecule has 246 valence electrons. The third kappa shape index (κ3) is 7.02. The van der Waals surface area contributed by atoms with Gasteiger partial charge in [-0.05, 0) is 138 Å². The minimum atomic E-state index is 0.0285. The molecule has 0 radical (unpaired) electrons. The van der Waals surface area contributed by atoms with E-state index in [1.54, 1.807) is 7.11 Å². The maximum atomic E-state index is 9.57. The maximum absolute atomic E-state index is 9.57. The van der Waals surface area contributed by atoms with Gasteiger partial charge in [0.15, 0.2) is 0 Å². The van der Waals surface area contributed by atoms with Crippen molar-refractivity contribution in [3.8, 4) is 28.0 Å². The molecule has 0 bridgehead atoms. The number of aliphatic hydroxyl groups is 1. The Hall–Kier alpha value is -6.10. The van der Waals surface area contributed by atoms with Crippen LogP contribution in [0.4, 0.5) is 34.1 Å². The van der Waals surface area contributed by atoms with Crippen molar-refractivity contribution in [3.63, 3.8) is 0 Å². The molecule has 0 spiro atoms. The van der Waals surface area contributed by atoms with E-state index in [-0.39, 0.29) is 6.61 Å². The predicted octanol–water partition coefficient (Wildman–Crippen LogP) is 12.1. The largest absolute Gasteiger partial charge is 0.497 e. The summed E-state index contributed by atoms with van der Waals surface area (Å²) in [6.07, 6.45) is 0. The third-order valence-corrected chi connectivity index (χ3v) is 9.03. The molecule has 7 aromatic rings. The number of nitrogens with zero attached hydrogens (tertiary/aromatic N) is 2. The standard InChI is InChI=1S/C46H40N2O2/c1-33-6-4-8-44(30-33)47(40-20-10-35(32-49)11-21-40)41-22-16-38(17-23-41)36-12-14-37(15-13-36)39-18-24-42(25-19-39)48(45-9-5-7-34(2)31-45)43-26-28-46(50-3)29-27-43/h4-31,49H,32H2,1-3H3. The second-order valence-corrected chi connectivity index (χ2v) is 12.5. The van der Waals surface area contributed by atoms with Gasteiger partial charge in [-0.25, -0.2) is 0 Å². The van der Waals surface area contributed by atoms with Gasteiger partial charge in [-0.1, -0.05) is 84.9 Å². The summed E-state index contributed by atoms with van der Waals surface area (Å²) < 4.78 is 5.41. The van der Waals surface area contributed by atoms with Crippen LogP contribution in [0, 0.1) is 13.8 Å². The minimum absolute atomic E-state index is 0.0285. The first-order valence-corrected chi connectivity index (χ1v) is 16.9. The Kier molecular flexibility index (Phi) is 9.45. The number of ether oxygens (including phenoxy) is 1. The quantitative estimate of drug-likeness (QED) is 0.159. The van der Waals surface area contributed by atoms with Crippen molar-refractivity contribution in [2.45, 2.75) is 20.5 Å². The van der Waals surface area contributed by atoms with Crippen LogP contribution in [0.3, 0.4) is 0 Å². The van der Waals surface area contributed by atoms with Crippen molar-refractivity contribution in [1.82, 2.24) is 0 Å². The molecule has 0 atom stereocenters. The summed E-state index contributed by atoms with van der Waals surface area (Å²) in [7, 11) is 1.69. The number of aliphatic hydroxyl groups excluding tert-OH is 1. The number of hydrogen-bond acceptors (Lipinski definition) is 4. The van der Waals surface area contributed by atoms with Crippen LogP contribution in [0.15, 0.2) is 170 Å². The van der Waals surface area contributed by atoms with Gasteiger partial charge >= 0.3 is 0 Å². The van der Waals surface area contributed by atoms with Gasteiger partial charge in [0, 0.05) is 34.1 Å². The molecule has 0 unspecified atom stereocenters. The highest BCUT2D eigenvalue weighted by Crippen LogP contribution is 2.38. The summed E-state index contributed by atoms with van der Waals surface area (Å²) in [6, 6.07) is 59.6. The molecule has 0 fully saturated rings. The first-order chi connectivity index (χ1) is 24.5. The van der Waals surface area contributed by atoms with E-state index < -0.39 is 0 Å². The van der Waals surface area contributed by atoms with Crippen LogP contribution in [0.5, 0.6) is 5.75 Å². The van der Waals surface area contributed by atoms with E-state index in [1.807, 2.05) is 24.3 Å². The number of benzene rings is 7. The molecule has 0 heterocycles. The fourth-order valence-corrected chi connectivity index (χ4v) is 6.37. The Labute approximate surface area is 295 Å². The molecule has 50 heavy (non-hydrogen) atoms. The molecule has 7 aromatic carbocycles. The number of aryl methyl sites for hydroxylation is 2. The van der Waals surface area contributed by atoms with Crippen LogP contribution >= 0.6 is 0 Å². The van der Waals surface area contributed by atoms with Crippen molar-refractivity contribution in [1.29, 1.82) is 0 Å². The SMILES string of the molecule is COc1ccc(N(c2ccc(-c3ccc(-c4ccc(N(c5ccc(CO)cc5)c5cccc(C)c5)cc4)cc3)cc2)c2cccc(C)c2)cc1. The Morgan fingerprint density at radius 1 is 0.420 bits per heavy atom. The Balaban J connectivity index is 1.13. The fraction of sp³-hybridized carbons (Fsp3) is 0.0870. The van der Waals surface area contributed by atoms with Crippen molar-refractivity contribution < 1.29 is 9.84 Å². The number of hydrogen-bond donors (Lipinski definition) is 1. The summed E-state index contributed by atoms with van der Waals surface area (Å²) in [4.78, 5) is 4.52. The first-order valence-electron chi connectivity index (χ1n) is 16.9. The average molecular weight is 653 g/mol. The van der Waals surface area contributed by atoms with Gasteiger partial charge in [0.1, 0.15) is 5.75 Å². The number of rotatable bonds is 10. The lowest BCUT2D eigenvalue weighted by molar-refractivity contribution is 0.282. The highest BCUT2D eigenvalue weighted by molar-refractivity contribution is 5.81. The molecule has 4 nitrogen and oxygen atoms in total. The molecule has 0 aliphatic rings. The number of anilines is 6. The molecular weight excluding hydrogens is 613 g/mol. The highest BCUT2D eigenvalue weighted by atomic mass is 16.5. The summed E-state index contributed by atoms with van der Waals surface area (Å²) in [5.74, 6) is 0.835. The molecule has 4 heteroatoms. The minimum Gasteiger partial charge on any atom is -0.497 e. The molecule has 0 aliphatic carbocycles. The highest BCUT2D eigenvalue weighted by Gasteiger charge is 2.15. The zero-order valence-corrected chi connectivity index (χ0v) is 28.6. The molecule has 1 N–H and O–H groups in total. The van der Waals surface area contributed by atoms with Crippen LogP contribution < -0.4 is 14.5 Å². The van der Waals surface area contributed by atoms with Crippen molar-refractivity contribution in [3.05, 3.63) is 187 Å². The summed E-state index contributed by atoms with van der Waals surface area (Å²) in [6.45, 7) is 4.26. The van der Waals surface area contributed by atoms with Crippen LogP contribution in [-0.4, -0.2) is 12.2 Å². The van der Waals surface area contributed by atoms with Gasteiger partial charge in [-0.2, -0.15) is 0 Å². The molecule has 0 aromatic heterocycles. The topological polar surface area (TPSA) is 35.9 Å². The summed E-state index contributed by atoms with van der Waals surface area (Å²) in [5, 5.41) is 9.57. The lowest BCUT2D eigenvalue weighted by atomic mass is 9.99. The van der Waals surface area contributed by atoms with E-state index in [4.69, 9.17) is 4.74 Å². The van der Waals surface area contributed by atoms with Crippen molar-refractivity contribution in [2.75, 3.05) is 16.9 Å². The van der Waals surface area contributed by atoms with Crippen LogP contribution in [0.1, 0.15) is 16.7 Å².